The summed E-state index contributed by atoms with van der Waals surface area (Å²) in [4.78, 5) is 12.0. The first-order chi connectivity index (χ1) is 8.59. The Labute approximate surface area is 139 Å². The summed E-state index contributed by atoms with van der Waals surface area (Å²) in [5.74, 6) is 0. The topological polar surface area (TPSA) is 46.4 Å². The Bertz CT molecular complexity index is 581. The number of hydrogen-bond donors (Lipinski definition) is 0. The molecule has 0 atom stereocenters. The van der Waals surface area contributed by atoms with Crippen LogP contribution in [0.3, 0.4) is 0 Å². The first kappa shape index (κ1) is 16.0. The van der Waals surface area contributed by atoms with E-state index in [9.17, 15) is 10.1 Å². The van der Waals surface area contributed by atoms with Crippen molar-refractivity contribution in [3.8, 4) is 0 Å². The van der Waals surface area contributed by atoms with Crippen molar-refractivity contribution in [2.75, 3.05) is 11.9 Å². The molecule has 0 amide bonds. The van der Waals surface area contributed by atoms with Crippen molar-refractivity contribution >= 4 is 28.7 Å². The van der Waals surface area contributed by atoms with Gasteiger partial charge in [-0.1, -0.05) is 23.7 Å². The van der Waals surface area contributed by atoms with E-state index in [0.717, 1.165) is 11.4 Å². The summed E-state index contributed by atoms with van der Waals surface area (Å²) >= 11 is 6.10. The average Bonchev–Trinajstić information content (AvgIpc) is 2.38. The number of nitrogens with zero attached hydrogens (tertiary/aromatic N) is 2. The van der Waals surface area contributed by atoms with Gasteiger partial charge in [0.1, 0.15) is 0 Å². The standard InChI is InChI=1S/C13H11ClN2O2.Na.H/c1-15(13-5-3-2-4-12(13)14)10-6-8-11(9-7-10)16(17)18;;/h2-9H,1H3;;/q;+1;-1. The van der Waals surface area contributed by atoms with Crippen molar-refractivity contribution in [1.82, 2.24) is 0 Å². The first-order valence-corrected chi connectivity index (χ1v) is 5.70. The molecule has 19 heavy (non-hydrogen) atoms. The fraction of sp³-hybridized carbons (Fsp3) is 0.0769. The number of rotatable bonds is 3. The summed E-state index contributed by atoms with van der Waals surface area (Å²) in [6.45, 7) is 0. The van der Waals surface area contributed by atoms with Gasteiger partial charge in [-0.05, 0) is 24.3 Å². The third-order valence-electron chi connectivity index (χ3n) is 2.66. The second-order valence-corrected chi connectivity index (χ2v) is 4.19. The summed E-state index contributed by atoms with van der Waals surface area (Å²) in [5, 5.41) is 11.2. The number of non-ortho nitro benzene ring substituents is 1. The molecule has 0 aliphatic rings. The molecule has 0 radical (unpaired) electrons. The summed E-state index contributed by atoms with van der Waals surface area (Å²) in [6.07, 6.45) is 0. The van der Waals surface area contributed by atoms with Gasteiger partial charge in [-0.3, -0.25) is 10.1 Å². The van der Waals surface area contributed by atoms with Crippen molar-refractivity contribution in [3.05, 3.63) is 63.7 Å². The molecule has 0 saturated heterocycles. The van der Waals surface area contributed by atoms with Gasteiger partial charge in [0.15, 0.2) is 0 Å². The molecule has 0 heterocycles. The molecule has 4 nitrogen and oxygen atoms in total. The van der Waals surface area contributed by atoms with Crippen molar-refractivity contribution in [2.24, 2.45) is 0 Å². The van der Waals surface area contributed by atoms with E-state index in [1.54, 1.807) is 18.2 Å². The second kappa shape index (κ2) is 6.91. The maximum absolute atomic E-state index is 10.6. The van der Waals surface area contributed by atoms with E-state index in [1.807, 2.05) is 30.1 Å². The van der Waals surface area contributed by atoms with Crippen LogP contribution in [-0.4, -0.2) is 12.0 Å². The zero-order valence-corrected chi connectivity index (χ0v) is 13.5. The Kier molecular flexibility index (Phi) is 5.82. The molecule has 0 aromatic heterocycles. The average molecular weight is 287 g/mol. The van der Waals surface area contributed by atoms with Gasteiger partial charge in [0.25, 0.3) is 5.69 Å². The van der Waals surface area contributed by atoms with E-state index < -0.39 is 4.92 Å². The molecule has 0 aliphatic carbocycles. The fourth-order valence-corrected chi connectivity index (χ4v) is 1.92. The largest absolute Gasteiger partial charge is 1.00 e. The third kappa shape index (κ3) is 3.70. The SMILES string of the molecule is CN(c1ccc([N+](=O)[O-])cc1)c1ccccc1Cl.[H-].[Na+]. The minimum Gasteiger partial charge on any atom is -1.00 e. The Hall–Kier alpha value is -1.07. The number of nitro benzene ring substituents is 1. The van der Waals surface area contributed by atoms with Crippen LogP contribution in [-0.2, 0) is 0 Å². The van der Waals surface area contributed by atoms with Crippen LogP contribution in [0.4, 0.5) is 17.1 Å². The van der Waals surface area contributed by atoms with Gasteiger partial charge in [0.05, 0.1) is 15.6 Å². The predicted octanol–water partition coefficient (Wildman–Crippen LogP) is 1.13. The Morgan fingerprint density at radius 1 is 1.16 bits per heavy atom. The summed E-state index contributed by atoms with van der Waals surface area (Å²) in [6, 6.07) is 13.8. The molecule has 0 bridgehead atoms. The molecular formula is C13H12ClN2NaO2. The van der Waals surface area contributed by atoms with Gasteiger partial charge in [-0.25, -0.2) is 0 Å². The third-order valence-corrected chi connectivity index (χ3v) is 2.98. The zero-order valence-electron chi connectivity index (χ0n) is 11.7. The van der Waals surface area contributed by atoms with Crippen LogP contribution >= 0.6 is 11.6 Å². The second-order valence-electron chi connectivity index (χ2n) is 3.78. The maximum atomic E-state index is 10.6. The monoisotopic (exact) mass is 286 g/mol. The maximum Gasteiger partial charge on any atom is 1.00 e. The van der Waals surface area contributed by atoms with E-state index in [-0.39, 0.29) is 36.7 Å². The predicted molar refractivity (Wildman–Crippen MR) is 73.7 cm³/mol. The molecular weight excluding hydrogens is 275 g/mol. The van der Waals surface area contributed by atoms with E-state index >= 15 is 0 Å². The van der Waals surface area contributed by atoms with E-state index in [1.165, 1.54) is 12.1 Å². The van der Waals surface area contributed by atoms with E-state index in [4.69, 9.17) is 11.6 Å². The minimum atomic E-state index is -0.417. The smallest absolute Gasteiger partial charge is 1.00 e. The zero-order chi connectivity index (χ0) is 13.1. The number of nitro groups is 1. The van der Waals surface area contributed by atoms with E-state index in [0.29, 0.717) is 5.02 Å². The van der Waals surface area contributed by atoms with Crippen molar-refractivity contribution in [2.45, 2.75) is 0 Å². The van der Waals surface area contributed by atoms with Gasteiger partial charge in [0.2, 0.25) is 0 Å². The van der Waals surface area contributed by atoms with Crippen LogP contribution in [0, 0.1) is 10.1 Å². The normalized spacial score (nSPS) is 9.58. The van der Waals surface area contributed by atoms with Gasteiger partial charge in [0, 0.05) is 24.9 Å². The molecule has 0 spiro atoms. The molecule has 0 aliphatic heterocycles. The Morgan fingerprint density at radius 3 is 2.26 bits per heavy atom. The molecule has 2 aromatic carbocycles. The summed E-state index contributed by atoms with van der Waals surface area (Å²) in [5.41, 5.74) is 1.77. The van der Waals surface area contributed by atoms with Crippen molar-refractivity contribution < 1.29 is 35.9 Å². The molecule has 94 valence electrons. The van der Waals surface area contributed by atoms with Crippen LogP contribution < -0.4 is 34.5 Å². The number of benzene rings is 2. The minimum absolute atomic E-state index is 0. The number of anilines is 2. The quantitative estimate of drug-likeness (QED) is 0.483. The van der Waals surface area contributed by atoms with Gasteiger partial charge < -0.3 is 6.33 Å². The van der Waals surface area contributed by atoms with Crippen LogP contribution in [0.1, 0.15) is 1.43 Å². The molecule has 0 unspecified atom stereocenters. The fourth-order valence-electron chi connectivity index (χ4n) is 1.66. The molecule has 6 heteroatoms. The van der Waals surface area contributed by atoms with Gasteiger partial charge in [-0.2, -0.15) is 0 Å². The summed E-state index contributed by atoms with van der Waals surface area (Å²) in [7, 11) is 1.86. The molecule has 0 N–H and O–H groups in total. The van der Waals surface area contributed by atoms with Crippen LogP contribution in [0.25, 0.3) is 0 Å². The van der Waals surface area contributed by atoms with Crippen LogP contribution in [0.2, 0.25) is 5.02 Å². The van der Waals surface area contributed by atoms with E-state index in [2.05, 4.69) is 0 Å². The number of para-hydroxylation sites is 1. The Balaban J connectivity index is 0.00000180. The van der Waals surface area contributed by atoms with Gasteiger partial charge >= 0.3 is 29.6 Å². The van der Waals surface area contributed by atoms with Crippen molar-refractivity contribution in [3.63, 3.8) is 0 Å². The van der Waals surface area contributed by atoms with Gasteiger partial charge in [-0.15, -0.1) is 0 Å². The number of hydrogen-bond acceptors (Lipinski definition) is 3. The molecule has 0 fully saturated rings. The molecule has 0 saturated carbocycles. The number of halogens is 1. The first-order valence-electron chi connectivity index (χ1n) is 5.32. The molecule has 2 rings (SSSR count). The van der Waals surface area contributed by atoms with Crippen molar-refractivity contribution in [1.29, 1.82) is 0 Å². The van der Waals surface area contributed by atoms with Crippen LogP contribution in [0.5, 0.6) is 0 Å². The Morgan fingerprint density at radius 2 is 1.74 bits per heavy atom. The molecule has 2 aromatic rings. The summed E-state index contributed by atoms with van der Waals surface area (Å²) < 4.78 is 0. The van der Waals surface area contributed by atoms with Crippen LogP contribution in [0.15, 0.2) is 48.5 Å².